The lowest BCUT2D eigenvalue weighted by molar-refractivity contribution is -0.127. The van der Waals surface area contributed by atoms with Crippen molar-refractivity contribution < 1.29 is 4.79 Å². The summed E-state index contributed by atoms with van der Waals surface area (Å²) in [4.78, 5) is 24.9. The number of imidazole rings is 1. The summed E-state index contributed by atoms with van der Waals surface area (Å²) in [5.74, 6) is 1.56. The van der Waals surface area contributed by atoms with Gasteiger partial charge in [0.1, 0.15) is 5.82 Å². The number of thiophene rings is 1. The van der Waals surface area contributed by atoms with Crippen LogP contribution in [0.3, 0.4) is 0 Å². The number of hydrogen-bond acceptors (Lipinski definition) is 3. The fraction of sp³-hybridized carbons (Fsp3) is 0.300. The minimum absolute atomic E-state index is 0.106. The SMILES string of the molecule is Cc1ccc(C=CC(=O)N2CCC(c3nc4ccccc4[nH]3)CC2)s1. The van der Waals surface area contributed by atoms with Crippen LogP contribution in [0.4, 0.5) is 0 Å². The summed E-state index contributed by atoms with van der Waals surface area (Å²) >= 11 is 1.71. The predicted octanol–water partition coefficient (Wildman–Crippen LogP) is 4.35. The zero-order valence-corrected chi connectivity index (χ0v) is 15.1. The highest BCUT2D eigenvalue weighted by Gasteiger charge is 2.24. The number of benzene rings is 1. The van der Waals surface area contributed by atoms with E-state index in [4.69, 9.17) is 4.98 Å². The van der Waals surface area contributed by atoms with Crippen LogP contribution >= 0.6 is 11.3 Å². The third kappa shape index (κ3) is 3.51. The molecule has 1 saturated heterocycles. The van der Waals surface area contributed by atoms with Crippen molar-refractivity contribution in [1.29, 1.82) is 0 Å². The smallest absolute Gasteiger partial charge is 0.246 e. The summed E-state index contributed by atoms with van der Waals surface area (Å²) in [6, 6.07) is 12.3. The molecule has 3 heterocycles. The second-order valence-corrected chi connectivity index (χ2v) is 7.84. The number of aryl methyl sites for hydroxylation is 1. The molecule has 0 unspecified atom stereocenters. The third-order valence-electron chi connectivity index (χ3n) is 4.75. The molecule has 2 aromatic heterocycles. The van der Waals surface area contributed by atoms with Crippen molar-refractivity contribution in [2.45, 2.75) is 25.7 Å². The first kappa shape index (κ1) is 16.1. The first-order chi connectivity index (χ1) is 12.2. The van der Waals surface area contributed by atoms with E-state index < -0.39 is 0 Å². The first-order valence-corrected chi connectivity index (χ1v) is 9.49. The number of carbonyl (C=O) groups excluding carboxylic acids is 1. The van der Waals surface area contributed by atoms with Gasteiger partial charge in [0.05, 0.1) is 11.0 Å². The van der Waals surface area contributed by atoms with Gasteiger partial charge in [-0.1, -0.05) is 12.1 Å². The Hall–Kier alpha value is -2.40. The molecule has 25 heavy (non-hydrogen) atoms. The first-order valence-electron chi connectivity index (χ1n) is 8.67. The van der Waals surface area contributed by atoms with Gasteiger partial charge in [-0.3, -0.25) is 4.79 Å². The van der Waals surface area contributed by atoms with Crippen LogP contribution in [-0.4, -0.2) is 33.9 Å². The maximum absolute atomic E-state index is 12.4. The molecule has 3 aromatic rings. The molecule has 4 nitrogen and oxygen atoms in total. The van der Waals surface area contributed by atoms with Crippen LogP contribution in [0.15, 0.2) is 42.5 Å². The lowest BCUT2D eigenvalue weighted by Gasteiger charge is -2.30. The van der Waals surface area contributed by atoms with Crippen LogP contribution in [0.5, 0.6) is 0 Å². The number of rotatable bonds is 3. The van der Waals surface area contributed by atoms with Crippen LogP contribution in [0.25, 0.3) is 17.1 Å². The van der Waals surface area contributed by atoms with Crippen LogP contribution in [0.2, 0.25) is 0 Å². The number of aromatic amines is 1. The number of amides is 1. The van der Waals surface area contributed by atoms with Gasteiger partial charge in [-0.15, -0.1) is 11.3 Å². The fourth-order valence-corrected chi connectivity index (χ4v) is 4.12. The molecular weight excluding hydrogens is 330 g/mol. The molecule has 4 rings (SSSR count). The van der Waals surface area contributed by atoms with Gasteiger partial charge in [-0.2, -0.15) is 0 Å². The van der Waals surface area contributed by atoms with Gasteiger partial charge in [0, 0.05) is 34.8 Å². The highest BCUT2D eigenvalue weighted by molar-refractivity contribution is 7.12. The lowest BCUT2D eigenvalue weighted by Crippen LogP contribution is -2.37. The maximum atomic E-state index is 12.4. The number of hydrogen-bond donors (Lipinski definition) is 1. The largest absolute Gasteiger partial charge is 0.342 e. The van der Waals surface area contributed by atoms with E-state index in [1.807, 2.05) is 29.2 Å². The second kappa shape index (κ2) is 6.84. The van der Waals surface area contributed by atoms with Gasteiger partial charge in [-0.25, -0.2) is 4.98 Å². The normalized spacial score (nSPS) is 16.1. The van der Waals surface area contributed by atoms with E-state index in [-0.39, 0.29) is 5.91 Å². The van der Waals surface area contributed by atoms with Crippen LogP contribution in [-0.2, 0) is 4.79 Å². The summed E-state index contributed by atoms with van der Waals surface area (Å²) in [6.07, 6.45) is 5.53. The number of nitrogens with one attached hydrogen (secondary N) is 1. The van der Waals surface area contributed by atoms with E-state index in [0.717, 1.165) is 47.7 Å². The van der Waals surface area contributed by atoms with Gasteiger partial charge >= 0.3 is 0 Å². The Labute approximate surface area is 151 Å². The Balaban J connectivity index is 1.37. The topological polar surface area (TPSA) is 49.0 Å². The number of aromatic nitrogens is 2. The molecule has 5 heteroatoms. The zero-order valence-electron chi connectivity index (χ0n) is 14.2. The Bertz CT molecular complexity index is 883. The molecule has 1 fully saturated rings. The van der Waals surface area contributed by atoms with Crippen LogP contribution < -0.4 is 0 Å². The lowest BCUT2D eigenvalue weighted by atomic mass is 9.96. The molecular formula is C20H21N3OS. The summed E-state index contributed by atoms with van der Waals surface area (Å²) < 4.78 is 0. The summed E-state index contributed by atoms with van der Waals surface area (Å²) in [7, 11) is 0. The summed E-state index contributed by atoms with van der Waals surface area (Å²) in [5, 5.41) is 0. The van der Waals surface area contributed by atoms with Gasteiger partial charge in [0.15, 0.2) is 0 Å². The summed E-state index contributed by atoms with van der Waals surface area (Å²) in [6.45, 7) is 3.65. The van der Waals surface area contributed by atoms with E-state index in [0.29, 0.717) is 5.92 Å². The number of fused-ring (bicyclic) bond motifs is 1. The molecule has 0 aliphatic carbocycles. The molecule has 1 amide bonds. The standard InChI is InChI=1S/C20H21N3OS/c1-14-6-7-16(25-14)8-9-19(24)23-12-10-15(11-13-23)20-21-17-4-2-3-5-18(17)22-20/h2-9,15H,10-13H2,1H3,(H,21,22). The van der Waals surface area contributed by atoms with E-state index in [9.17, 15) is 4.79 Å². The minimum Gasteiger partial charge on any atom is -0.342 e. The average Bonchev–Trinajstić information content (AvgIpc) is 3.25. The highest BCUT2D eigenvalue weighted by atomic mass is 32.1. The average molecular weight is 351 g/mol. The quantitative estimate of drug-likeness (QED) is 0.713. The van der Waals surface area contributed by atoms with E-state index in [1.165, 1.54) is 4.88 Å². The van der Waals surface area contributed by atoms with Crippen molar-refractivity contribution in [2.75, 3.05) is 13.1 Å². The third-order valence-corrected chi connectivity index (χ3v) is 5.72. The minimum atomic E-state index is 0.106. The Morgan fingerprint density at radius 2 is 2.04 bits per heavy atom. The van der Waals surface area contributed by atoms with Crippen molar-refractivity contribution in [1.82, 2.24) is 14.9 Å². The molecule has 1 aliphatic rings. The van der Waals surface area contributed by atoms with Crippen molar-refractivity contribution in [3.05, 3.63) is 58.1 Å². The van der Waals surface area contributed by atoms with Crippen molar-refractivity contribution in [3.63, 3.8) is 0 Å². The van der Waals surface area contributed by atoms with Gasteiger partial charge in [-0.05, 0) is 50.1 Å². The van der Waals surface area contributed by atoms with E-state index in [2.05, 4.69) is 30.1 Å². The maximum Gasteiger partial charge on any atom is 0.246 e. The van der Waals surface area contributed by atoms with E-state index >= 15 is 0 Å². The number of para-hydroxylation sites is 2. The van der Waals surface area contributed by atoms with Gasteiger partial charge in [0.25, 0.3) is 0 Å². The molecule has 1 aliphatic heterocycles. The molecule has 1 aromatic carbocycles. The molecule has 128 valence electrons. The number of likely N-dealkylation sites (tertiary alicyclic amines) is 1. The Morgan fingerprint density at radius 3 is 2.76 bits per heavy atom. The summed E-state index contributed by atoms with van der Waals surface area (Å²) in [5.41, 5.74) is 2.11. The van der Waals surface area contributed by atoms with Crippen LogP contribution in [0.1, 0.15) is 34.3 Å². The monoisotopic (exact) mass is 351 g/mol. The predicted molar refractivity (Wildman–Crippen MR) is 103 cm³/mol. The Kier molecular flexibility index (Phi) is 4.40. The highest BCUT2D eigenvalue weighted by Crippen LogP contribution is 2.28. The fourth-order valence-electron chi connectivity index (χ4n) is 3.34. The number of nitrogens with zero attached hydrogens (tertiary/aromatic N) is 2. The number of piperidine rings is 1. The molecule has 0 spiro atoms. The van der Waals surface area contributed by atoms with Crippen molar-refractivity contribution >= 4 is 34.4 Å². The molecule has 0 saturated carbocycles. The Morgan fingerprint density at radius 1 is 1.24 bits per heavy atom. The molecule has 1 N–H and O–H groups in total. The molecule has 0 bridgehead atoms. The van der Waals surface area contributed by atoms with Crippen LogP contribution in [0, 0.1) is 6.92 Å². The van der Waals surface area contributed by atoms with Crippen molar-refractivity contribution in [2.24, 2.45) is 0 Å². The van der Waals surface area contributed by atoms with Gasteiger partial charge in [0.2, 0.25) is 5.91 Å². The van der Waals surface area contributed by atoms with Crippen molar-refractivity contribution in [3.8, 4) is 0 Å². The van der Waals surface area contributed by atoms with Gasteiger partial charge < -0.3 is 9.88 Å². The molecule has 0 radical (unpaired) electrons. The number of carbonyl (C=O) groups is 1. The zero-order chi connectivity index (χ0) is 17.2. The molecule has 0 atom stereocenters. The van der Waals surface area contributed by atoms with E-state index in [1.54, 1.807) is 17.4 Å². The second-order valence-electron chi connectivity index (χ2n) is 6.52. The number of H-pyrrole nitrogens is 1.